The molecule has 1 heterocycles. The normalized spacial score (nSPS) is 10.8. The van der Waals surface area contributed by atoms with E-state index in [0.717, 1.165) is 27.6 Å². The first-order chi connectivity index (χ1) is 9.18. The molecule has 3 rings (SSSR count). The smallest absolute Gasteiger partial charge is 0.352 e. The van der Waals surface area contributed by atoms with Crippen molar-refractivity contribution in [3.63, 3.8) is 0 Å². The van der Waals surface area contributed by atoms with Gasteiger partial charge in [-0.25, -0.2) is 4.79 Å². The lowest BCUT2D eigenvalue weighted by Gasteiger charge is -2.05. The number of carboxylic acid groups (broad SMARTS) is 1. The van der Waals surface area contributed by atoms with Crippen molar-refractivity contribution in [2.24, 2.45) is 0 Å². The quantitative estimate of drug-likeness (QED) is 0.727. The minimum atomic E-state index is -0.936. The largest absolute Gasteiger partial charge is 0.477 e. The van der Waals surface area contributed by atoms with Crippen LogP contribution in [0, 0.1) is 6.92 Å². The predicted octanol–water partition coefficient (Wildman–Crippen LogP) is 3.84. The molecule has 0 unspecified atom stereocenters. The van der Waals surface area contributed by atoms with Crippen LogP contribution in [-0.4, -0.2) is 16.1 Å². The van der Waals surface area contributed by atoms with Crippen LogP contribution < -0.4 is 0 Å². The molecule has 0 radical (unpaired) electrons. The van der Waals surface area contributed by atoms with Gasteiger partial charge in [0.05, 0.1) is 0 Å². The van der Waals surface area contributed by atoms with Crippen molar-refractivity contribution in [3.05, 3.63) is 59.8 Å². The van der Waals surface area contributed by atoms with Crippen LogP contribution in [0.4, 0.5) is 0 Å². The number of hydrogen-bond acceptors (Lipinski definition) is 1. The first kappa shape index (κ1) is 11.5. The summed E-state index contributed by atoms with van der Waals surface area (Å²) < 4.78 is 0. The van der Waals surface area contributed by atoms with E-state index in [4.69, 9.17) is 0 Å². The summed E-state index contributed by atoms with van der Waals surface area (Å²) in [5.74, 6) is -0.936. The van der Waals surface area contributed by atoms with E-state index in [-0.39, 0.29) is 5.69 Å². The highest BCUT2D eigenvalue weighted by Gasteiger charge is 2.19. The maximum absolute atomic E-state index is 11.4. The van der Waals surface area contributed by atoms with Crippen molar-refractivity contribution in [2.75, 3.05) is 0 Å². The number of benzene rings is 2. The van der Waals surface area contributed by atoms with Gasteiger partial charge >= 0.3 is 5.97 Å². The Morgan fingerprint density at radius 3 is 2.47 bits per heavy atom. The van der Waals surface area contributed by atoms with Gasteiger partial charge in [0.15, 0.2) is 0 Å². The van der Waals surface area contributed by atoms with Gasteiger partial charge in [0.25, 0.3) is 0 Å². The Balaban J connectivity index is 2.42. The lowest BCUT2D eigenvalue weighted by Crippen LogP contribution is -1.99. The fraction of sp³-hybridized carbons (Fsp3) is 0.0625. The second-order valence-electron chi connectivity index (χ2n) is 4.54. The van der Waals surface area contributed by atoms with Crippen molar-refractivity contribution in [1.82, 2.24) is 4.98 Å². The third-order valence-electron chi connectivity index (χ3n) is 3.33. The Hall–Kier alpha value is -2.55. The molecule has 1 aromatic heterocycles. The molecular formula is C16H13NO2. The number of rotatable bonds is 2. The van der Waals surface area contributed by atoms with Crippen molar-refractivity contribution in [3.8, 4) is 11.1 Å². The number of aromatic nitrogens is 1. The van der Waals surface area contributed by atoms with Crippen molar-refractivity contribution in [1.29, 1.82) is 0 Å². The number of aromatic carboxylic acids is 1. The van der Waals surface area contributed by atoms with E-state index in [1.807, 2.05) is 55.5 Å². The molecule has 0 spiro atoms. The van der Waals surface area contributed by atoms with Crippen LogP contribution in [0.25, 0.3) is 22.0 Å². The van der Waals surface area contributed by atoms with Crippen molar-refractivity contribution >= 4 is 16.9 Å². The number of para-hydroxylation sites is 1. The van der Waals surface area contributed by atoms with E-state index in [1.54, 1.807) is 0 Å². The summed E-state index contributed by atoms with van der Waals surface area (Å²) in [4.78, 5) is 14.4. The zero-order valence-corrected chi connectivity index (χ0v) is 10.5. The van der Waals surface area contributed by atoms with Crippen LogP contribution >= 0.6 is 0 Å². The number of H-pyrrole nitrogens is 1. The van der Waals surface area contributed by atoms with E-state index < -0.39 is 5.97 Å². The predicted molar refractivity (Wildman–Crippen MR) is 75.4 cm³/mol. The fourth-order valence-corrected chi connectivity index (χ4v) is 2.44. The number of aryl methyl sites for hydroxylation is 1. The lowest BCUT2D eigenvalue weighted by atomic mass is 9.97. The van der Waals surface area contributed by atoms with Crippen LogP contribution in [0.15, 0.2) is 48.5 Å². The molecule has 3 heteroatoms. The summed E-state index contributed by atoms with van der Waals surface area (Å²) >= 11 is 0. The van der Waals surface area contributed by atoms with Gasteiger partial charge in [-0.15, -0.1) is 0 Å². The Morgan fingerprint density at radius 2 is 1.74 bits per heavy atom. The minimum absolute atomic E-state index is 0.246. The Kier molecular flexibility index (Phi) is 2.60. The van der Waals surface area contributed by atoms with Gasteiger partial charge in [-0.3, -0.25) is 0 Å². The molecule has 0 fully saturated rings. The zero-order valence-electron chi connectivity index (χ0n) is 10.5. The topological polar surface area (TPSA) is 53.1 Å². The molecule has 0 amide bonds. The van der Waals surface area contributed by atoms with Gasteiger partial charge in [0.1, 0.15) is 5.69 Å². The van der Waals surface area contributed by atoms with E-state index in [0.29, 0.717) is 0 Å². The Morgan fingerprint density at radius 1 is 1.05 bits per heavy atom. The lowest BCUT2D eigenvalue weighted by molar-refractivity contribution is 0.0692. The van der Waals surface area contributed by atoms with E-state index in [2.05, 4.69) is 4.98 Å². The van der Waals surface area contributed by atoms with Gasteiger partial charge in [-0.05, 0) is 24.1 Å². The second-order valence-corrected chi connectivity index (χ2v) is 4.54. The molecule has 19 heavy (non-hydrogen) atoms. The zero-order chi connectivity index (χ0) is 13.4. The van der Waals surface area contributed by atoms with Crippen molar-refractivity contribution in [2.45, 2.75) is 6.92 Å². The summed E-state index contributed by atoms with van der Waals surface area (Å²) in [5, 5.41) is 10.3. The van der Waals surface area contributed by atoms with Gasteiger partial charge in [0, 0.05) is 16.5 Å². The van der Waals surface area contributed by atoms with Crippen LogP contribution in [0.1, 0.15) is 16.1 Å². The maximum atomic E-state index is 11.4. The molecule has 3 aromatic rings. The summed E-state index contributed by atoms with van der Waals surface area (Å²) in [6.07, 6.45) is 0. The molecule has 0 saturated carbocycles. The monoisotopic (exact) mass is 251 g/mol. The SMILES string of the molecule is Cc1ccccc1-c1c(C(=O)O)[nH]c2ccccc12. The van der Waals surface area contributed by atoms with Gasteiger partial charge in [-0.2, -0.15) is 0 Å². The Bertz CT molecular complexity index is 771. The van der Waals surface area contributed by atoms with Crippen LogP contribution in [0.2, 0.25) is 0 Å². The third kappa shape index (κ3) is 1.80. The number of fused-ring (bicyclic) bond motifs is 1. The number of nitrogens with one attached hydrogen (secondary N) is 1. The fourth-order valence-electron chi connectivity index (χ4n) is 2.44. The molecule has 0 aliphatic carbocycles. The van der Waals surface area contributed by atoms with Gasteiger partial charge < -0.3 is 10.1 Å². The maximum Gasteiger partial charge on any atom is 0.352 e. The highest BCUT2D eigenvalue weighted by molar-refractivity contribution is 6.07. The van der Waals surface area contributed by atoms with Crippen molar-refractivity contribution < 1.29 is 9.90 Å². The van der Waals surface area contributed by atoms with Crippen LogP contribution in [-0.2, 0) is 0 Å². The average Bonchev–Trinajstić information content (AvgIpc) is 2.79. The first-order valence-corrected chi connectivity index (χ1v) is 6.08. The molecule has 0 bridgehead atoms. The highest BCUT2D eigenvalue weighted by atomic mass is 16.4. The molecular weight excluding hydrogens is 238 g/mol. The van der Waals surface area contributed by atoms with E-state index >= 15 is 0 Å². The highest BCUT2D eigenvalue weighted by Crippen LogP contribution is 2.34. The summed E-state index contributed by atoms with van der Waals surface area (Å²) in [6, 6.07) is 15.5. The second kappa shape index (κ2) is 4.28. The van der Waals surface area contributed by atoms with Crippen LogP contribution in [0.5, 0.6) is 0 Å². The Labute approximate surface area is 110 Å². The molecule has 94 valence electrons. The summed E-state index contributed by atoms with van der Waals surface area (Å²) in [6.45, 7) is 1.99. The number of carbonyl (C=O) groups is 1. The minimum Gasteiger partial charge on any atom is -0.477 e. The van der Waals surface area contributed by atoms with Gasteiger partial charge in [-0.1, -0.05) is 42.5 Å². The van der Waals surface area contributed by atoms with E-state index in [9.17, 15) is 9.90 Å². The number of hydrogen-bond donors (Lipinski definition) is 2. The first-order valence-electron chi connectivity index (χ1n) is 6.08. The van der Waals surface area contributed by atoms with E-state index in [1.165, 1.54) is 0 Å². The van der Waals surface area contributed by atoms with Crippen LogP contribution in [0.3, 0.4) is 0 Å². The summed E-state index contributed by atoms with van der Waals surface area (Å²) in [7, 11) is 0. The average molecular weight is 251 g/mol. The molecule has 2 aromatic carbocycles. The summed E-state index contributed by atoms with van der Waals surface area (Å²) in [5.41, 5.74) is 3.88. The molecule has 0 saturated heterocycles. The standard InChI is InChI=1S/C16H13NO2/c1-10-6-2-3-7-11(10)14-12-8-4-5-9-13(12)17-15(14)16(18)19/h2-9,17H,1H3,(H,18,19). The molecule has 0 aliphatic rings. The number of carboxylic acids is 1. The molecule has 3 nitrogen and oxygen atoms in total. The third-order valence-corrected chi connectivity index (χ3v) is 3.33. The molecule has 2 N–H and O–H groups in total. The molecule has 0 aliphatic heterocycles. The molecule has 0 atom stereocenters. The van der Waals surface area contributed by atoms with Gasteiger partial charge in [0.2, 0.25) is 0 Å². The number of aromatic amines is 1.